The van der Waals surface area contributed by atoms with Crippen molar-refractivity contribution in [3.63, 3.8) is 0 Å². The second kappa shape index (κ2) is 6.27. The summed E-state index contributed by atoms with van der Waals surface area (Å²) in [5, 5.41) is 3.71. The Kier molecular flexibility index (Phi) is 4.39. The number of rotatable bonds is 6. The maximum atomic E-state index is 5.44. The Morgan fingerprint density at radius 2 is 1.62 bits per heavy atom. The molecule has 1 aromatic rings. The number of nitrogens with one attached hydrogen (secondary N) is 1. The lowest BCUT2D eigenvalue weighted by Gasteiger charge is -2.20. The predicted octanol–water partition coefficient (Wildman–Crippen LogP) is 3.79. The molecule has 0 spiro atoms. The average Bonchev–Trinajstić information content (AvgIpc) is 3.26. The first-order chi connectivity index (χ1) is 10.3. The van der Waals surface area contributed by atoms with Gasteiger partial charge in [0.25, 0.3) is 0 Å². The number of fused-ring (bicyclic) bond motifs is 1. The summed E-state index contributed by atoms with van der Waals surface area (Å²) >= 11 is 0. The Morgan fingerprint density at radius 3 is 2.10 bits per heavy atom. The predicted molar refractivity (Wildman–Crippen MR) is 84.9 cm³/mol. The molecular weight excluding hydrogens is 262 g/mol. The molecule has 2 saturated carbocycles. The van der Waals surface area contributed by atoms with Crippen LogP contribution >= 0.6 is 0 Å². The smallest absolute Gasteiger partial charge is 0.122 e. The molecule has 21 heavy (non-hydrogen) atoms. The van der Waals surface area contributed by atoms with E-state index in [0.29, 0.717) is 6.04 Å². The van der Waals surface area contributed by atoms with Gasteiger partial charge in [-0.1, -0.05) is 19.8 Å². The van der Waals surface area contributed by atoms with Crippen LogP contribution < -0.4 is 14.8 Å². The second-order valence-electron chi connectivity index (χ2n) is 6.37. The molecule has 0 bridgehead atoms. The minimum atomic E-state index is 0.437. The van der Waals surface area contributed by atoms with Gasteiger partial charge in [-0.2, -0.15) is 0 Å². The van der Waals surface area contributed by atoms with Crippen molar-refractivity contribution in [2.75, 3.05) is 20.8 Å². The molecule has 3 rings (SSSR count). The van der Waals surface area contributed by atoms with Crippen molar-refractivity contribution in [1.82, 2.24) is 5.32 Å². The molecule has 3 nitrogen and oxygen atoms in total. The molecule has 2 aliphatic rings. The van der Waals surface area contributed by atoms with Crippen LogP contribution in [0.15, 0.2) is 18.2 Å². The topological polar surface area (TPSA) is 30.5 Å². The molecule has 0 aromatic heterocycles. The molecule has 2 aliphatic carbocycles. The fraction of sp³-hybridized carbons (Fsp3) is 0.667. The molecular formula is C18H27NO2. The van der Waals surface area contributed by atoms with Crippen molar-refractivity contribution in [3.8, 4) is 11.5 Å². The third-order valence-corrected chi connectivity index (χ3v) is 5.26. The van der Waals surface area contributed by atoms with Crippen LogP contribution in [0.25, 0.3) is 0 Å². The van der Waals surface area contributed by atoms with Crippen molar-refractivity contribution in [2.24, 2.45) is 17.8 Å². The van der Waals surface area contributed by atoms with E-state index >= 15 is 0 Å². The molecule has 0 heterocycles. The van der Waals surface area contributed by atoms with Gasteiger partial charge in [0.05, 0.1) is 14.2 Å². The van der Waals surface area contributed by atoms with Crippen LogP contribution in [0.1, 0.15) is 44.2 Å². The van der Waals surface area contributed by atoms with Crippen molar-refractivity contribution in [2.45, 2.75) is 38.6 Å². The largest absolute Gasteiger partial charge is 0.497 e. The quantitative estimate of drug-likeness (QED) is 0.864. The summed E-state index contributed by atoms with van der Waals surface area (Å²) in [6, 6.07) is 6.72. The van der Waals surface area contributed by atoms with E-state index in [-0.39, 0.29) is 0 Å². The number of methoxy groups -OCH3 is 2. The minimum absolute atomic E-state index is 0.437. The standard InChI is InChI=1S/C18H27NO2/c1-4-19-18(17-15-7-5-6-8-16(15)17)12-9-13(20-2)11-14(10-12)21-3/h9-11,15-19H,4-8H2,1-3H3. The molecule has 0 radical (unpaired) electrons. The van der Waals surface area contributed by atoms with Gasteiger partial charge in [-0.25, -0.2) is 0 Å². The summed E-state index contributed by atoms with van der Waals surface area (Å²) in [5.74, 6) is 4.43. The van der Waals surface area contributed by atoms with Crippen LogP contribution in [0.3, 0.4) is 0 Å². The third-order valence-electron chi connectivity index (χ3n) is 5.26. The van der Waals surface area contributed by atoms with Gasteiger partial charge in [-0.05, 0) is 54.8 Å². The number of ether oxygens (including phenoxy) is 2. The van der Waals surface area contributed by atoms with Gasteiger partial charge >= 0.3 is 0 Å². The number of hydrogen-bond acceptors (Lipinski definition) is 3. The highest BCUT2D eigenvalue weighted by Gasteiger charge is 2.54. The third kappa shape index (κ3) is 2.89. The average molecular weight is 289 g/mol. The molecule has 1 aromatic carbocycles. The summed E-state index contributed by atoms with van der Waals surface area (Å²) in [6.07, 6.45) is 5.66. The van der Waals surface area contributed by atoms with Crippen molar-refractivity contribution < 1.29 is 9.47 Å². The minimum Gasteiger partial charge on any atom is -0.497 e. The van der Waals surface area contributed by atoms with Gasteiger partial charge < -0.3 is 14.8 Å². The van der Waals surface area contributed by atoms with Gasteiger partial charge in [0.1, 0.15) is 11.5 Å². The van der Waals surface area contributed by atoms with E-state index in [0.717, 1.165) is 35.8 Å². The first kappa shape index (κ1) is 14.7. The highest BCUT2D eigenvalue weighted by Crippen LogP contribution is 2.60. The molecule has 0 aliphatic heterocycles. The highest BCUT2D eigenvalue weighted by molar-refractivity contribution is 5.40. The Hall–Kier alpha value is -1.22. The monoisotopic (exact) mass is 289 g/mol. The van der Waals surface area contributed by atoms with Crippen molar-refractivity contribution in [3.05, 3.63) is 23.8 Å². The Labute approximate surface area is 128 Å². The van der Waals surface area contributed by atoms with E-state index in [1.807, 2.05) is 6.07 Å². The van der Waals surface area contributed by atoms with E-state index in [1.54, 1.807) is 14.2 Å². The molecule has 116 valence electrons. The molecule has 3 unspecified atom stereocenters. The zero-order valence-electron chi connectivity index (χ0n) is 13.4. The molecule has 3 atom stereocenters. The Balaban J connectivity index is 1.86. The summed E-state index contributed by atoms with van der Waals surface area (Å²) in [4.78, 5) is 0. The van der Waals surface area contributed by atoms with E-state index in [9.17, 15) is 0 Å². The SMILES string of the molecule is CCNC(c1cc(OC)cc(OC)c1)C1C2CCCCC21. The fourth-order valence-corrected chi connectivity index (χ4v) is 4.25. The van der Waals surface area contributed by atoms with Crippen LogP contribution in [0, 0.1) is 17.8 Å². The summed E-state index contributed by atoms with van der Waals surface area (Å²) < 4.78 is 10.9. The Morgan fingerprint density at radius 1 is 1.05 bits per heavy atom. The number of hydrogen-bond donors (Lipinski definition) is 1. The van der Waals surface area contributed by atoms with Crippen molar-refractivity contribution in [1.29, 1.82) is 0 Å². The molecule has 0 amide bonds. The van der Waals surface area contributed by atoms with Crippen molar-refractivity contribution >= 4 is 0 Å². The first-order valence-corrected chi connectivity index (χ1v) is 8.24. The van der Waals surface area contributed by atoms with Crippen LogP contribution in [0.4, 0.5) is 0 Å². The molecule has 1 N–H and O–H groups in total. The molecule has 2 fully saturated rings. The normalized spacial score (nSPS) is 28.6. The first-order valence-electron chi connectivity index (χ1n) is 8.24. The van der Waals surface area contributed by atoms with Gasteiger partial charge in [-0.3, -0.25) is 0 Å². The lowest BCUT2D eigenvalue weighted by atomic mass is 9.99. The van der Waals surface area contributed by atoms with E-state index in [4.69, 9.17) is 9.47 Å². The zero-order chi connectivity index (χ0) is 14.8. The summed E-state index contributed by atoms with van der Waals surface area (Å²) in [5.41, 5.74) is 1.31. The lowest BCUT2D eigenvalue weighted by molar-refractivity contribution is 0.388. The van der Waals surface area contributed by atoms with Crippen LogP contribution in [0.5, 0.6) is 11.5 Å². The van der Waals surface area contributed by atoms with E-state index in [1.165, 1.54) is 31.2 Å². The maximum absolute atomic E-state index is 5.44. The van der Waals surface area contributed by atoms with Gasteiger partial charge in [-0.15, -0.1) is 0 Å². The van der Waals surface area contributed by atoms with Crippen LogP contribution in [0.2, 0.25) is 0 Å². The summed E-state index contributed by atoms with van der Waals surface area (Å²) in [7, 11) is 3.44. The van der Waals surface area contributed by atoms with Gasteiger partial charge in [0.2, 0.25) is 0 Å². The van der Waals surface area contributed by atoms with Gasteiger partial charge in [0.15, 0.2) is 0 Å². The zero-order valence-corrected chi connectivity index (χ0v) is 13.4. The number of benzene rings is 1. The van der Waals surface area contributed by atoms with Crippen LogP contribution in [-0.2, 0) is 0 Å². The Bertz CT molecular complexity index is 454. The molecule has 0 saturated heterocycles. The van der Waals surface area contributed by atoms with E-state index in [2.05, 4.69) is 24.4 Å². The molecule has 3 heteroatoms. The maximum Gasteiger partial charge on any atom is 0.122 e. The fourth-order valence-electron chi connectivity index (χ4n) is 4.25. The van der Waals surface area contributed by atoms with Crippen LogP contribution in [-0.4, -0.2) is 20.8 Å². The van der Waals surface area contributed by atoms with Gasteiger partial charge in [0, 0.05) is 12.1 Å². The highest BCUT2D eigenvalue weighted by atomic mass is 16.5. The lowest BCUT2D eigenvalue weighted by Crippen LogP contribution is -2.24. The second-order valence-corrected chi connectivity index (χ2v) is 6.37. The van der Waals surface area contributed by atoms with E-state index < -0.39 is 0 Å². The summed E-state index contributed by atoms with van der Waals surface area (Å²) in [6.45, 7) is 3.19.